The van der Waals surface area contributed by atoms with Crippen LogP contribution in [-0.2, 0) is 0 Å². The third-order valence-corrected chi connectivity index (χ3v) is 3.00. The fourth-order valence-electron chi connectivity index (χ4n) is 1.45. The van der Waals surface area contributed by atoms with E-state index in [2.05, 4.69) is 31.2 Å². The van der Waals surface area contributed by atoms with Crippen LogP contribution in [0.15, 0.2) is 35.2 Å². The molecule has 0 bridgehead atoms. The lowest BCUT2D eigenvalue weighted by Crippen LogP contribution is -2.15. The smallest absolute Gasteiger partial charge is 0.283 e. The van der Waals surface area contributed by atoms with Crippen molar-refractivity contribution in [1.82, 2.24) is 9.97 Å². The second-order valence-electron chi connectivity index (χ2n) is 3.57. The van der Waals surface area contributed by atoms with E-state index < -0.39 is 10.8 Å². The van der Waals surface area contributed by atoms with Crippen LogP contribution in [0.2, 0.25) is 5.02 Å². The molecule has 0 spiro atoms. The van der Waals surface area contributed by atoms with Gasteiger partial charge >= 0.3 is 0 Å². The quantitative estimate of drug-likeness (QED) is 0.672. The molecule has 0 saturated carbocycles. The number of nitro benzene ring substituents is 1. The number of aromatic nitrogens is 2. The summed E-state index contributed by atoms with van der Waals surface area (Å²) in [5, 5.41) is 13.3. The Morgan fingerprint density at radius 2 is 2.10 bits per heavy atom. The molecule has 0 saturated heterocycles. The Labute approximate surface area is 126 Å². The van der Waals surface area contributed by atoms with E-state index in [0.717, 1.165) is 0 Å². The van der Waals surface area contributed by atoms with Gasteiger partial charge in [0.2, 0.25) is 0 Å². The Kier molecular flexibility index (Phi) is 4.26. The average molecular weight is 358 g/mol. The summed E-state index contributed by atoms with van der Waals surface area (Å²) in [6, 6.07) is 4.00. The van der Waals surface area contributed by atoms with Gasteiger partial charge in [-0.3, -0.25) is 14.9 Å². The standard InChI is InChI=1S/C11H6BrClN4O3/c12-8-4-15-9(5-14-8)16-11(18)10-6(13)2-1-3-7(10)17(19)20/h1-5H,(H,15,16,18). The van der Waals surface area contributed by atoms with Crippen molar-refractivity contribution in [2.45, 2.75) is 0 Å². The van der Waals surface area contributed by atoms with Gasteiger partial charge in [0.25, 0.3) is 11.6 Å². The van der Waals surface area contributed by atoms with Crippen LogP contribution < -0.4 is 5.32 Å². The molecule has 1 amide bonds. The van der Waals surface area contributed by atoms with Crippen LogP contribution >= 0.6 is 27.5 Å². The molecule has 0 atom stereocenters. The number of hydrogen-bond acceptors (Lipinski definition) is 5. The van der Waals surface area contributed by atoms with Gasteiger partial charge in [-0.05, 0) is 22.0 Å². The topological polar surface area (TPSA) is 98.0 Å². The number of hydrogen-bond donors (Lipinski definition) is 1. The predicted octanol–water partition coefficient (Wildman–Crippen LogP) is 3.05. The molecule has 1 aromatic heterocycles. The van der Waals surface area contributed by atoms with E-state index in [1.54, 1.807) is 0 Å². The normalized spacial score (nSPS) is 10.1. The van der Waals surface area contributed by atoms with Crippen LogP contribution in [0.3, 0.4) is 0 Å². The zero-order valence-electron chi connectivity index (χ0n) is 9.71. The molecule has 2 rings (SSSR count). The summed E-state index contributed by atoms with van der Waals surface area (Å²) in [6.07, 6.45) is 2.70. The molecule has 0 aliphatic carbocycles. The maximum absolute atomic E-state index is 12.1. The summed E-state index contributed by atoms with van der Waals surface area (Å²) in [5.74, 6) is -0.564. The number of nitrogens with one attached hydrogen (secondary N) is 1. The van der Waals surface area contributed by atoms with Crippen molar-refractivity contribution in [1.29, 1.82) is 0 Å². The van der Waals surface area contributed by atoms with E-state index in [1.165, 1.54) is 30.6 Å². The van der Waals surface area contributed by atoms with Crippen LogP contribution in [0.1, 0.15) is 10.4 Å². The summed E-state index contributed by atoms with van der Waals surface area (Å²) in [4.78, 5) is 30.1. The lowest BCUT2D eigenvalue weighted by molar-refractivity contribution is -0.385. The van der Waals surface area contributed by atoms with Crippen molar-refractivity contribution >= 4 is 44.9 Å². The molecular weight excluding hydrogens is 352 g/mol. The molecule has 1 heterocycles. The predicted molar refractivity (Wildman–Crippen MR) is 75.8 cm³/mol. The minimum Gasteiger partial charge on any atom is -0.305 e. The van der Waals surface area contributed by atoms with E-state index in [9.17, 15) is 14.9 Å². The van der Waals surface area contributed by atoms with Crippen molar-refractivity contribution in [3.8, 4) is 0 Å². The second kappa shape index (κ2) is 5.93. The Morgan fingerprint density at radius 3 is 2.70 bits per heavy atom. The van der Waals surface area contributed by atoms with Crippen LogP contribution in [0.4, 0.5) is 11.5 Å². The van der Waals surface area contributed by atoms with Crippen molar-refractivity contribution in [3.05, 3.63) is 55.9 Å². The summed E-state index contributed by atoms with van der Waals surface area (Å²) in [7, 11) is 0. The van der Waals surface area contributed by atoms with Crippen molar-refractivity contribution in [2.75, 3.05) is 5.32 Å². The van der Waals surface area contributed by atoms with Gasteiger partial charge in [0.15, 0.2) is 5.82 Å². The minimum absolute atomic E-state index is 0.0122. The van der Waals surface area contributed by atoms with Crippen molar-refractivity contribution < 1.29 is 9.72 Å². The highest BCUT2D eigenvalue weighted by Crippen LogP contribution is 2.26. The molecular formula is C11H6BrClN4O3. The minimum atomic E-state index is -0.723. The first kappa shape index (κ1) is 14.4. The number of carbonyl (C=O) groups excluding carboxylic acids is 1. The van der Waals surface area contributed by atoms with E-state index >= 15 is 0 Å². The van der Waals surface area contributed by atoms with Gasteiger partial charge in [0.05, 0.1) is 22.3 Å². The van der Waals surface area contributed by atoms with Gasteiger partial charge in [-0.25, -0.2) is 9.97 Å². The van der Waals surface area contributed by atoms with E-state index in [-0.39, 0.29) is 22.1 Å². The number of halogens is 2. The second-order valence-corrected chi connectivity index (χ2v) is 4.79. The maximum atomic E-state index is 12.1. The fourth-order valence-corrected chi connectivity index (χ4v) is 1.91. The van der Waals surface area contributed by atoms with E-state index in [0.29, 0.717) is 4.60 Å². The molecule has 0 aliphatic rings. The molecule has 0 aliphatic heterocycles. The van der Waals surface area contributed by atoms with Crippen LogP contribution in [0.5, 0.6) is 0 Å². The number of rotatable bonds is 3. The lowest BCUT2D eigenvalue weighted by atomic mass is 10.1. The first-order valence-corrected chi connectivity index (χ1v) is 6.38. The Morgan fingerprint density at radius 1 is 1.35 bits per heavy atom. The number of carbonyl (C=O) groups is 1. The molecule has 0 radical (unpaired) electrons. The zero-order chi connectivity index (χ0) is 14.7. The van der Waals surface area contributed by atoms with Gasteiger partial charge < -0.3 is 5.32 Å². The summed E-state index contributed by atoms with van der Waals surface area (Å²) in [5.41, 5.74) is -0.594. The zero-order valence-corrected chi connectivity index (χ0v) is 12.1. The fraction of sp³-hybridized carbons (Fsp3) is 0. The molecule has 0 unspecified atom stereocenters. The summed E-state index contributed by atoms with van der Waals surface area (Å²) >= 11 is 8.95. The summed E-state index contributed by atoms with van der Waals surface area (Å²) < 4.78 is 0.499. The molecule has 1 aromatic carbocycles. The molecule has 0 fully saturated rings. The highest BCUT2D eigenvalue weighted by Gasteiger charge is 2.23. The van der Waals surface area contributed by atoms with E-state index in [1.807, 2.05) is 0 Å². The van der Waals surface area contributed by atoms with Crippen molar-refractivity contribution in [3.63, 3.8) is 0 Å². The van der Waals surface area contributed by atoms with Gasteiger partial charge in [0.1, 0.15) is 10.2 Å². The van der Waals surface area contributed by atoms with E-state index in [4.69, 9.17) is 11.6 Å². The summed E-state index contributed by atoms with van der Waals surface area (Å²) in [6.45, 7) is 0. The monoisotopic (exact) mass is 356 g/mol. The lowest BCUT2D eigenvalue weighted by Gasteiger charge is -2.06. The highest BCUT2D eigenvalue weighted by atomic mass is 79.9. The maximum Gasteiger partial charge on any atom is 0.283 e. The van der Waals surface area contributed by atoms with Crippen LogP contribution in [-0.4, -0.2) is 20.8 Å². The molecule has 1 N–H and O–H groups in total. The average Bonchev–Trinajstić information content (AvgIpc) is 2.40. The van der Waals surface area contributed by atoms with Gasteiger partial charge in [0, 0.05) is 6.07 Å². The Balaban J connectivity index is 2.34. The van der Waals surface area contributed by atoms with Gasteiger partial charge in [-0.1, -0.05) is 17.7 Å². The van der Waals surface area contributed by atoms with Crippen LogP contribution in [0, 0.1) is 10.1 Å². The highest BCUT2D eigenvalue weighted by molar-refractivity contribution is 9.10. The third-order valence-electron chi connectivity index (χ3n) is 2.28. The number of nitro groups is 1. The van der Waals surface area contributed by atoms with Crippen molar-refractivity contribution in [2.24, 2.45) is 0 Å². The van der Waals surface area contributed by atoms with Gasteiger partial charge in [-0.15, -0.1) is 0 Å². The number of anilines is 1. The Bertz CT molecular complexity index is 678. The van der Waals surface area contributed by atoms with Gasteiger partial charge in [-0.2, -0.15) is 0 Å². The molecule has 2 aromatic rings. The number of nitrogens with zero attached hydrogens (tertiary/aromatic N) is 3. The molecule has 102 valence electrons. The molecule has 20 heavy (non-hydrogen) atoms. The Hall–Kier alpha value is -2.06. The molecule has 7 nitrogen and oxygen atoms in total. The molecule has 9 heteroatoms. The first-order valence-electron chi connectivity index (χ1n) is 5.21. The largest absolute Gasteiger partial charge is 0.305 e. The first-order chi connectivity index (χ1) is 9.49. The van der Waals surface area contributed by atoms with Crippen LogP contribution in [0.25, 0.3) is 0 Å². The SMILES string of the molecule is O=C(Nc1cnc(Br)cn1)c1c(Cl)cccc1[N+](=O)[O-]. The third kappa shape index (κ3) is 3.09. The number of amides is 1. The number of benzene rings is 1.